The van der Waals surface area contributed by atoms with Crippen LogP contribution in [0.4, 0.5) is 0 Å². The highest BCUT2D eigenvalue weighted by molar-refractivity contribution is 6.32. The van der Waals surface area contributed by atoms with E-state index in [9.17, 15) is 14.4 Å². The van der Waals surface area contributed by atoms with Crippen molar-refractivity contribution in [1.29, 1.82) is 0 Å². The minimum atomic E-state index is -1.49. The van der Waals surface area contributed by atoms with Gasteiger partial charge >= 0.3 is 5.97 Å². The van der Waals surface area contributed by atoms with Gasteiger partial charge in [0.25, 0.3) is 0 Å². The zero-order chi connectivity index (χ0) is 19.3. The molecule has 1 aliphatic heterocycles. The largest absolute Gasteiger partial charge is 0.493 e. The molecule has 1 aliphatic rings. The second-order valence-electron chi connectivity index (χ2n) is 5.27. The van der Waals surface area contributed by atoms with E-state index in [1.54, 1.807) is 6.07 Å². The molecule has 0 aromatic heterocycles. The number of allylic oxidation sites excluding steroid dienone is 3. The van der Waals surface area contributed by atoms with Crippen LogP contribution in [-0.2, 0) is 19.1 Å². The van der Waals surface area contributed by atoms with Crippen molar-refractivity contribution < 1.29 is 28.6 Å². The highest BCUT2D eigenvalue weighted by atomic mass is 35.5. The van der Waals surface area contributed by atoms with Crippen molar-refractivity contribution in [3.8, 4) is 23.8 Å². The molecule has 1 atom stereocenters. The van der Waals surface area contributed by atoms with Gasteiger partial charge in [-0.15, -0.1) is 6.42 Å². The van der Waals surface area contributed by atoms with Gasteiger partial charge in [0.05, 0.1) is 12.1 Å². The monoisotopic (exact) mass is 374 g/mol. The maximum Gasteiger partial charge on any atom is 0.329 e. The molecule has 0 unspecified atom stereocenters. The summed E-state index contributed by atoms with van der Waals surface area (Å²) >= 11 is 6.15. The Kier molecular flexibility index (Phi) is 6.21. The number of methoxy groups -OCH3 is 1. The number of ketones is 2. The fourth-order valence-electron chi connectivity index (χ4n) is 2.27. The smallest absolute Gasteiger partial charge is 0.329 e. The van der Waals surface area contributed by atoms with E-state index in [1.807, 2.05) is 0 Å². The third-order valence-corrected chi connectivity index (χ3v) is 3.68. The van der Waals surface area contributed by atoms with Gasteiger partial charge in [-0.3, -0.25) is 14.4 Å². The number of carbonyl (C=O) groups excluding carboxylic acids is 3. The predicted molar refractivity (Wildman–Crippen MR) is 94.7 cm³/mol. The Bertz CT molecular complexity index is 860. The van der Waals surface area contributed by atoms with Crippen molar-refractivity contribution in [1.82, 2.24) is 0 Å². The van der Waals surface area contributed by atoms with Crippen molar-refractivity contribution >= 4 is 35.2 Å². The van der Waals surface area contributed by atoms with E-state index in [1.165, 1.54) is 26.2 Å². The van der Waals surface area contributed by atoms with Crippen molar-refractivity contribution in [3.63, 3.8) is 0 Å². The molecule has 1 heterocycles. The van der Waals surface area contributed by atoms with Crippen LogP contribution in [-0.4, -0.2) is 31.3 Å². The van der Waals surface area contributed by atoms with Crippen LogP contribution in [0.1, 0.15) is 12.5 Å². The summed E-state index contributed by atoms with van der Waals surface area (Å²) in [5.41, 5.74) is 0.511. The molecule has 0 N–H and O–H groups in total. The summed E-state index contributed by atoms with van der Waals surface area (Å²) in [6, 6.07) is 3.11. The molecule has 7 heteroatoms. The number of esters is 1. The van der Waals surface area contributed by atoms with E-state index in [2.05, 4.69) is 5.92 Å². The van der Waals surface area contributed by atoms with E-state index < -0.39 is 23.5 Å². The standard InChI is InChI=1S/C19H15ClO6/c1-4-7-25-18-13(20)9-12(10-16(18)24-3)5-6-14(21)17-15(22)8-11(2)26-19(17)23/h1,5-6,8-10,17H,7H2,2-3H3/b6-5+/t17-/m0/s1. The van der Waals surface area contributed by atoms with Gasteiger partial charge in [0.1, 0.15) is 12.4 Å². The Morgan fingerprint density at radius 2 is 2.15 bits per heavy atom. The third-order valence-electron chi connectivity index (χ3n) is 3.40. The van der Waals surface area contributed by atoms with Crippen molar-refractivity contribution in [3.05, 3.63) is 40.6 Å². The van der Waals surface area contributed by atoms with Gasteiger partial charge in [-0.2, -0.15) is 0 Å². The lowest BCUT2D eigenvalue weighted by Gasteiger charge is -2.15. The number of benzene rings is 1. The lowest BCUT2D eigenvalue weighted by Crippen LogP contribution is -2.34. The Labute approximate surface area is 155 Å². The van der Waals surface area contributed by atoms with Gasteiger partial charge in [-0.1, -0.05) is 23.6 Å². The van der Waals surface area contributed by atoms with Crippen LogP contribution in [0.25, 0.3) is 6.08 Å². The maximum absolute atomic E-state index is 12.2. The molecule has 0 amide bonds. The van der Waals surface area contributed by atoms with Crippen LogP contribution in [0, 0.1) is 18.3 Å². The number of hydrogen-bond acceptors (Lipinski definition) is 6. The first-order valence-corrected chi connectivity index (χ1v) is 7.84. The fourth-order valence-corrected chi connectivity index (χ4v) is 2.54. The normalized spacial score (nSPS) is 16.7. The Morgan fingerprint density at radius 1 is 1.42 bits per heavy atom. The summed E-state index contributed by atoms with van der Waals surface area (Å²) < 4.78 is 15.3. The number of hydrogen-bond donors (Lipinski definition) is 0. The average Bonchev–Trinajstić information content (AvgIpc) is 2.57. The lowest BCUT2D eigenvalue weighted by atomic mass is 9.96. The number of rotatable bonds is 6. The third kappa shape index (κ3) is 4.32. The fraction of sp³-hybridized carbons (Fsp3) is 0.211. The highest BCUT2D eigenvalue weighted by Gasteiger charge is 2.36. The second-order valence-corrected chi connectivity index (χ2v) is 5.68. The van der Waals surface area contributed by atoms with Crippen molar-refractivity contribution in [2.45, 2.75) is 6.92 Å². The van der Waals surface area contributed by atoms with Crippen LogP contribution in [0.15, 0.2) is 30.0 Å². The van der Waals surface area contributed by atoms with Crippen LogP contribution >= 0.6 is 11.6 Å². The molecule has 0 saturated heterocycles. The number of terminal acetylenes is 1. The predicted octanol–water partition coefficient (Wildman–Crippen LogP) is 2.59. The summed E-state index contributed by atoms with van der Waals surface area (Å²) in [6.07, 6.45) is 8.80. The number of halogens is 1. The van der Waals surface area contributed by atoms with E-state index in [-0.39, 0.29) is 23.1 Å². The molecule has 2 rings (SSSR count). The summed E-state index contributed by atoms with van der Waals surface area (Å²) in [4.78, 5) is 35.8. The molecule has 26 heavy (non-hydrogen) atoms. The van der Waals surface area contributed by atoms with Gasteiger partial charge in [0.2, 0.25) is 0 Å². The molecule has 0 spiro atoms. The average molecular weight is 375 g/mol. The van der Waals surface area contributed by atoms with Crippen LogP contribution in [0.3, 0.4) is 0 Å². The van der Waals surface area contributed by atoms with E-state index in [4.69, 9.17) is 32.2 Å². The van der Waals surface area contributed by atoms with Crippen molar-refractivity contribution in [2.75, 3.05) is 13.7 Å². The van der Waals surface area contributed by atoms with Crippen molar-refractivity contribution in [2.24, 2.45) is 5.92 Å². The minimum Gasteiger partial charge on any atom is -0.493 e. The van der Waals surface area contributed by atoms with Crippen LogP contribution < -0.4 is 9.47 Å². The molecule has 1 aromatic carbocycles. The second kappa shape index (κ2) is 8.37. The summed E-state index contributed by atoms with van der Waals surface area (Å²) in [5, 5.41) is 0.235. The van der Waals surface area contributed by atoms with E-state index in [0.29, 0.717) is 11.3 Å². The van der Waals surface area contributed by atoms with E-state index >= 15 is 0 Å². The Balaban J connectivity index is 2.24. The molecule has 0 fully saturated rings. The van der Waals surface area contributed by atoms with E-state index in [0.717, 1.165) is 12.2 Å². The topological polar surface area (TPSA) is 78.9 Å². The van der Waals surface area contributed by atoms with Gasteiger partial charge in [-0.05, 0) is 30.7 Å². The zero-order valence-electron chi connectivity index (χ0n) is 14.1. The van der Waals surface area contributed by atoms with Crippen LogP contribution in [0.2, 0.25) is 5.02 Å². The summed E-state index contributed by atoms with van der Waals surface area (Å²) in [5.74, 6) is -0.597. The number of carbonyl (C=O) groups is 3. The van der Waals surface area contributed by atoms with Gasteiger partial charge in [0.15, 0.2) is 29.0 Å². The minimum absolute atomic E-state index is 0.0165. The van der Waals surface area contributed by atoms with Gasteiger partial charge in [-0.25, -0.2) is 0 Å². The Morgan fingerprint density at radius 3 is 2.77 bits per heavy atom. The molecule has 0 radical (unpaired) electrons. The highest BCUT2D eigenvalue weighted by Crippen LogP contribution is 2.36. The number of cyclic esters (lactones) is 1. The quantitative estimate of drug-likeness (QED) is 0.329. The SMILES string of the molecule is C#CCOc1c(Cl)cc(/C=C/C(=O)[C@H]2C(=O)C=C(C)OC2=O)cc1OC. The summed E-state index contributed by atoms with van der Waals surface area (Å²) in [6.45, 7) is 1.48. The number of ether oxygens (including phenoxy) is 3. The molecule has 0 bridgehead atoms. The van der Waals surface area contributed by atoms with Gasteiger partial charge in [0, 0.05) is 6.08 Å². The first kappa shape index (κ1) is 19.3. The first-order valence-electron chi connectivity index (χ1n) is 7.47. The molecule has 6 nitrogen and oxygen atoms in total. The first-order chi connectivity index (χ1) is 12.4. The van der Waals surface area contributed by atoms with Crippen LogP contribution in [0.5, 0.6) is 11.5 Å². The molecule has 134 valence electrons. The molecule has 0 aliphatic carbocycles. The zero-order valence-corrected chi connectivity index (χ0v) is 14.8. The molecule has 1 aromatic rings. The van der Waals surface area contributed by atoms with Gasteiger partial charge < -0.3 is 14.2 Å². The molecular weight excluding hydrogens is 360 g/mol. The summed E-state index contributed by atoms with van der Waals surface area (Å²) in [7, 11) is 1.43. The Hall–Kier alpha value is -3.04. The molecule has 0 saturated carbocycles. The maximum atomic E-state index is 12.2. The molecular formula is C19H15ClO6. The lowest BCUT2D eigenvalue weighted by molar-refractivity contribution is -0.151.